The maximum Gasteiger partial charge on any atom is 0.0898 e. The van der Waals surface area contributed by atoms with Crippen LogP contribution in [0.4, 0.5) is 0 Å². The highest BCUT2D eigenvalue weighted by atomic mass is 32.1. The number of nitrogens with zero attached hydrogens (tertiary/aromatic N) is 1. The molecule has 1 heterocycles. The number of nitrogens with one attached hydrogen (secondary N) is 1. The fourth-order valence-electron chi connectivity index (χ4n) is 2.06. The number of thiazole rings is 1. The number of ether oxygens (including phenoxy) is 1. The van der Waals surface area contributed by atoms with E-state index in [9.17, 15) is 0 Å². The summed E-state index contributed by atoms with van der Waals surface area (Å²) in [6.45, 7) is 6.22. The Balaban J connectivity index is 1.78. The first-order chi connectivity index (χ1) is 8.15. The smallest absolute Gasteiger partial charge is 0.0898 e. The third-order valence-electron chi connectivity index (χ3n) is 3.66. The second-order valence-electron chi connectivity index (χ2n) is 5.14. The summed E-state index contributed by atoms with van der Waals surface area (Å²) in [5.41, 5.74) is 1.69. The zero-order valence-electron chi connectivity index (χ0n) is 11.0. The van der Waals surface area contributed by atoms with Gasteiger partial charge in [-0.1, -0.05) is 0 Å². The molecular weight excluding hydrogens is 232 g/mol. The molecule has 1 aliphatic carbocycles. The van der Waals surface area contributed by atoms with E-state index in [4.69, 9.17) is 4.74 Å². The van der Waals surface area contributed by atoms with E-state index < -0.39 is 0 Å². The zero-order chi connectivity index (χ0) is 12.3. The van der Waals surface area contributed by atoms with Gasteiger partial charge in [-0.25, -0.2) is 4.98 Å². The van der Waals surface area contributed by atoms with Crippen molar-refractivity contribution in [3.05, 3.63) is 16.1 Å². The lowest BCUT2D eigenvalue weighted by Gasteiger charge is -2.18. The summed E-state index contributed by atoms with van der Waals surface area (Å²) in [6, 6.07) is 0.361. The predicted molar refractivity (Wildman–Crippen MR) is 71.4 cm³/mol. The van der Waals surface area contributed by atoms with Gasteiger partial charge in [-0.05, 0) is 38.5 Å². The summed E-state index contributed by atoms with van der Waals surface area (Å²) >= 11 is 1.72. The van der Waals surface area contributed by atoms with Crippen LogP contribution < -0.4 is 5.32 Å². The molecule has 1 aromatic heterocycles. The number of aromatic nitrogens is 1. The standard InChI is InChI=1S/C13H22N2OS/c1-10(12-8-17-11(2)15-12)14-9-13(4-5-13)6-7-16-3/h8,10,14H,4-7,9H2,1-3H3. The maximum atomic E-state index is 5.17. The Morgan fingerprint density at radius 1 is 1.59 bits per heavy atom. The number of rotatable bonds is 7. The van der Waals surface area contributed by atoms with Crippen molar-refractivity contribution in [1.29, 1.82) is 0 Å². The Morgan fingerprint density at radius 3 is 2.88 bits per heavy atom. The molecule has 0 bridgehead atoms. The molecule has 4 heteroatoms. The van der Waals surface area contributed by atoms with Gasteiger partial charge in [0.05, 0.1) is 10.7 Å². The molecule has 96 valence electrons. The minimum atomic E-state index is 0.361. The highest BCUT2D eigenvalue weighted by molar-refractivity contribution is 7.09. The first-order valence-electron chi connectivity index (χ1n) is 6.30. The number of aryl methyl sites for hydroxylation is 1. The first-order valence-corrected chi connectivity index (χ1v) is 7.17. The summed E-state index contributed by atoms with van der Waals surface area (Å²) in [7, 11) is 1.78. The minimum absolute atomic E-state index is 0.361. The molecule has 1 N–H and O–H groups in total. The van der Waals surface area contributed by atoms with E-state index in [-0.39, 0.29) is 0 Å². The van der Waals surface area contributed by atoms with Crippen LogP contribution in [-0.4, -0.2) is 25.2 Å². The molecule has 0 aliphatic heterocycles. The van der Waals surface area contributed by atoms with Gasteiger partial charge in [-0.2, -0.15) is 0 Å². The Hall–Kier alpha value is -0.450. The average Bonchev–Trinajstić information content (AvgIpc) is 2.97. The van der Waals surface area contributed by atoms with E-state index in [2.05, 4.69) is 29.5 Å². The SMILES string of the molecule is COCCC1(CNC(C)c2csc(C)n2)CC1. The van der Waals surface area contributed by atoms with Crippen molar-refractivity contribution in [3.63, 3.8) is 0 Å². The third-order valence-corrected chi connectivity index (χ3v) is 4.45. The van der Waals surface area contributed by atoms with Crippen molar-refractivity contribution < 1.29 is 4.74 Å². The maximum absolute atomic E-state index is 5.17. The van der Waals surface area contributed by atoms with Gasteiger partial charge >= 0.3 is 0 Å². The Bertz CT molecular complexity index is 360. The Kier molecular flexibility index (Phi) is 4.17. The van der Waals surface area contributed by atoms with E-state index in [1.165, 1.54) is 25.0 Å². The molecule has 1 atom stereocenters. The molecule has 1 aliphatic rings. The Morgan fingerprint density at radius 2 is 2.35 bits per heavy atom. The highest BCUT2D eigenvalue weighted by Gasteiger charge is 2.41. The van der Waals surface area contributed by atoms with Crippen LogP contribution in [0.3, 0.4) is 0 Å². The lowest BCUT2D eigenvalue weighted by Crippen LogP contribution is -2.27. The van der Waals surface area contributed by atoms with Crippen LogP contribution in [-0.2, 0) is 4.74 Å². The van der Waals surface area contributed by atoms with E-state index in [0.717, 1.165) is 18.2 Å². The number of hydrogen-bond acceptors (Lipinski definition) is 4. The van der Waals surface area contributed by atoms with Crippen LogP contribution in [0.15, 0.2) is 5.38 Å². The van der Waals surface area contributed by atoms with Crippen molar-refractivity contribution in [3.8, 4) is 0 Å². The Labute approximate surface area is 108 Å². The van der Waals surface area contributed by atoms with Gasteiger partial charge in [-0.3, -0.25) is 0 Å². The molecule has 1 aromatic rings. The lowest BCUT2D eigenvalue weighted by atomic mass is 10.0. The topological polar surface area (TPSA) is 34.1 Å². The molecule has 0 aromatic carbocycles. The zero-order valence-corrected chi connectivity index (χ0v) is 11.8. The normalized spacial score (nSPS) is 19.2. The number of methoxy groups -OCH3 is 1. The van der Waals surface area contributed by atoms with E-state index in [1.54, 1.807) is 18.4 Å². The van der Waals surface area contributed by atoms with Crippen LogP contribution in [0, 0.1) is 12.3 Å². The number of hydrogen-bond donors (Lipinski definition) is 1. The van der Waals surface area contributed by atoms with Crippen LogP contribution in [0.5, 0.6) is 0 Å². The minimum Gasteiger partial charge on any atom is -0.385 e. The molecule has 3 nitrogen and oxygen atoms in total. The first kappa shape index (κ1) is 13.0. The molecule has 2 rings (SSSR count). The van der Waals surface area contributed by atoms with Gasteiger partial charge in [0, 0.05) is 31.7 Å². The summed E-state index contributed by atoms with van der Waals surface area (Å²) in [6.07, 6.45) is 3.86. The van der Waals surface area contributed by atoms with Gasteiger partial charge in [-0.15, -0.1) is 11.3 Å². The van der Waals surface area contributed by atoms with E-state index in [1.807, 2.05) is 0 Å². The van der Waals surface area contributed by atoms with Crippen LogP contribution >= 0.6 is 11.3 Å². The summed E-state index contributed by atoms with van der Waals surface area (Å²) in [5.74, 6) is 0. The fourth-order valence-corrected chi connectivity index (χ4v) is 2.77. The van der Waals surface area contributed by atoms with Crippen molar-refractivity contribution in [2.75, 3.05) is 20.3 Å². The summed E-state index contributed by atoms with van der Waals surface area (Å²) in [5, 5.41) is 6.91. The van der Waals surface area contributed by atoms with Crippen molar-refractivity contribution in [2.45, 2.75) is 39.2 Å². The van der Waals surface area contributed by atoms with Crippen LogP contribution in [0.1, 0.15) is 42.9 Å². The third kappa shape index (κ3) is 3.50. The molecule has 0 amide bonds. The average molecular weight is 254 g/mol. The largest absolute Gasteiger partial charge is 0.385 e. The van der Waals surface area contributed by atoms with E-state index >= 15 is 0 Å². The summed E-state index contributed by atoms with van der Waals surface area (Å²) in [4.78, 5) is 4.53. The van der Waals surface area contributed by atoms with Crippen molar-refractivity contribution in [2.24, 2.45) is 5.41 Å². The second-order valence-corrected chi connectivity index (χ2v) is 6.20. The quantitative estimate of drug-likeness (QED) is 0.812. The van der Waals surface area contributed by atoms with Gasteiger partial charge in [0.1, 0.15) is 0 Å². The van der Waals surface area contributed by atoms with E-state index in [0.29, 0.717) is 11.5 Å². The molecule has 0 saturated heterocycles. The molecule has 17 heavy (non-hydrogen) atoms. The second kappa shape index (κ2) is 5.46. The fraction of sp³-hybridized carbons (Fsp3) is 0.769. The monoisotopic (exact) mass is 254 g/mol. The lowest BCUT2D eigenvalue weighted by molar-refractivity contribution is 0.170. The predicted octanol–water partition coefficient (Wildman–Crippen LogP) is 2.92. The van der Waals surface area contributed by atoms with Crippen LogP contribution in [0.2, 0.25) is 0 Å². The molecule has 0 spiro atoms. The van der Waals surface area contributed by atoms with Crippen molar-refractivity contribution >= 4 is 11.3 Å². The van der Waals surface area contributed by atoms with Gasteiger partial charge in [0.2, 0.25) is 0 Å². The van der Waals surface area contributed by atoms with Gasteiger partial charge < -0.3 is 10.1 Å². The molecule has 0 radical (unpaired) electrons. The summed E-state index contributed by atoms with van der Waals surface area (Å²) < 4.78 is 5.17. The molecule has 1 fully saturated rings. The van der Waals surface area contributed by atoms with Crippen molar-refractivity contribution in [1.82, 2.24) is 10.3 Å². The molecular formula is C13H22N2OS. The van der Waals surface area contributed by atoms with Gasteiger partial charge in [0.25, 0.3) is 0 Å². The van der Waals surface area contributed by atoms with Crippen LogP contribution in [0.25, 0.3) is 0 Å². The molecule has 1 unspecified atom stereocenters. The molecule has 1 saturated carbocycles. The highest BCUT2D eigenvalue weighted by Crippen LogP contribution is 2.48. The van der Waals surface area contributed by atoms with Gasteiger partial charge in [0.15, 0.2) is 0 Å².